The number of benzene rings is 1. The number of hydrogen-bond donors (Lipinski definition) is 2. The topological polar surface area (TPSA) is 56.6 Å². The first-order valence-electron chi connectivity index (χ1n) is 3.97. The molecule has 2 aromatic rings. The Morgan fingerprint density at radius 2 is 2.07 bits per heavy atom. The molecule has 0 saturated heterocycles. The number of nitriles is 1. The van der Waals surface area contributed by atoms with E-state index in [2.05, 4.69) is 23.7 Å². The normalized spacial score (nSPS) is 10.0. The number of fused-ring (bicyclic) bond motifs is 1. The highest BCUT2D eigenvalue weighted by molar-refractivity contribution is 7.80. The van der Waals surface area contributed by atoms with E-state index >= 15 is 0 Å². The first kappa shape index (κ1) is 8.85. The van der Waals surface area contributed by atoms with Crippen LogP contribution in [0, 0.1) is 11.3 Å². The third-order valence-electron chi connectivity index (χ3n) is 1.99. The summed E-state index contributed by atoms with van der Waals surface area (Å²) in [6.07, 6.45) is 0. The molecule has 1 aromatic heterocycles. The van der Waals surface area contributed by atoms with Crippen LogP contribution >= 0.6 is 12.6 Å². The van der Waals surface area contributed by atoms with E-state index in [1.165, 1.54) is 6.07 Å². The molecule has 0 fully saturated rings. The molecule has 2 rings (SSSR count). The summed E-state index contributed by atoms with van der Waals surface area (Å²) < 4.78 is 0. The molecule has 1 aromatic carbocycles. The summed E-state index contributed by atoms with van der Waals surface area (Å²) in [4.78, 5) is 14.3. The Kier molecular flexibility index (Phi) is 2.02. The number of hydrogen-bond acceptors (Lipinski definition) is 3. The fraction of sp³-hybridized carbons (Fsp3) is 0. The van der Waals surface area contributed by atoms with Crippen LogP contribution in [0.5, 0.6) is 0 Å². The second kappa shape index (κ2) is 3.20. The predicted molar refractivity (Wildman–Crippen MR) is 56.5 cm³/mol. The van der Waals surface area contributed by atoms with E-state index in [0.29, 0.717) is 16.0 Å². The van der Waals surface area contributed by atoms with Gasteiger partial charge in [-0.15, -0.1) is 12.6 Å². The van der Waals surface area contributed by atoms with E-state index in [1.54, 1.807) is 18.2 Å². The Balaban J connectivity index is 2.97. The monoisotopic (exact) mass is 202 g/mol. The predicted octanol–water partition coefficient (Wildman–Crippen LogP) is 1.69. The van der Waals surface area contributed by atoms with Crippen molar-refractivity contribution in [3.63, 3.8) is 0 Å². The van der Waals surface area contributed by atoms with Crippen LogP contribution in [0.15, 0.2) is 34.0 Å². The Labute approximate surface area is 85.4 Å². The van der Waals surface area contributed by atoms with Crippen molar-refractivity contribution in [3.05, 3.63) is 40.2 Å². The average Bonchev–Trinajstić information content (AvgIpc) is 2.18. The van der Waals surface area contributed by atoms with E-state index in [1.807, 2.05) is 0 Å². The first-order valence-corrected chi connectivity index (χ1v) is 4.42. The van der Waals surface area contributed by atoms with Crippen LogP contribution in [-0.2, 0) is 0 Å². The highest BCUT2D eigenvalue weighted by Crippen LogP contribution is 2.21. The number of pyridine rings is 1. The van der Waals surface area contributed by atoms with Gasteiger partial charge in [-0.05, 0) is 18.2 Å². The third kappa shape index (κ3) is 1.28. The molecular weight excluding hydrogens is 196 g/mol. The molecule has 0 bridgehead atoms. The molecule has 14 heavy (non-hydrogen) atoms. The van der Waals surface area contributed by atoms with Crippen LogP contribution in [0.1, 0.15) is 5.56 Å². The Hall–Kier alpha value is -1.73. The number of H-pyrrole nitrogens is 1. The van der Waals surface area contributed by atoms with Crippen LogP contribution in [0.25, 0.3) is 10.9 Å². The van der Waals surface area contributed by atoms with Gasteiger partial charge in [0.1, 0.15) is 6.07 Å². The van der Waals surface area contributed by atoms with Crippen LogP contribution in [0.2, 0.25) is 0 Å². The van der Waals surface area contributed by atoms with Crippen LogP contribution in [0.4, 0.5) is 0 Å². The second-order valence-electron chi connectivity index (χ2n) is 2.86. The largest absolute Gasteiger partial charge is 0.322 e. The molecule has 1 heterocycles. The first-order chi connectivity index (χ1) is 6.72. The van der Waals surface area contributed by atoms with Crippen molar-refractivity contribution >= 4 is 23.5 Å². The van der Waals surface area contributed by atoms with Crippen LogP contribution in [0.3, 0.4) is 0 Å². The molecule has 0 unspecified atom stereocenters. The van der Waals surface area contributed by atoms with Crippen molar-refractivity contribution in [2.75, 3.05) is 0 Å². The van der Waals surface area contributed by atoms with Gasteiger partial charge in [-0.2, -0.15) is 5.26 Å². The second-order valence-corrected chi connectivity index (χ2v) is 3.34. The van der Waals surface area contributed by atoms with E-state index < -0.39 is 0 Å². The van der Waals surface area contributed by atoms with E-state index in [0.717, 1.165) is 5.39 Å². The van der Waals surface area contributed by atoms with Crippen molar-refractivity contribution < 1.29 is 0 Å². The fourth-order valence-corrected chi connectivity index (χ4v) is 1.59. The quantitative estimate of drug-likeness (QED) is 0.639. The maximum absolute atomic E-state index is 11.0. The van der Waals surface area contributed by atoms with Gasteiger partial charge >= 0.3 is 0 Å². The summed E-state index contributed by atoms with van der Waals surface area (Å²) in [6.45, 7) is 0. The van der Waals surface area contributed by atoms with E-state index in [-0.39, 0.29) is 5.56 Å². The molecule has 0 saturated carbocycles. The molecule has 0 radical (unpaired) electrons. The molecule has 68 valence electrons. The van der Waals surface area contributed by atoms with Crippen LogP contribution in [-0.4, -0.2) is 4.98 Å². The standard InChI is InChI=1S/C10H6N2OS/c11-5-7-6-1-4-10(13)12-8(6)2-3-9(7)14/h1-4,14H,(H,12,13). The summed E-state index contributed by atoms with van der Waals surface area (Å²) in [5.74, 6) is 0. The number of nitrogens with zero attached hydrogens (tertiary/aromatic N) is 1. The molecule has 0 amide bonds. The Morgan fingerprint density at radius 3 is 2.79 bits per heavy atom. The van der Waals surface area contributed by atoms with Gasteiger partial charge in [0, 0.05) is 21.9 Å². The van der Waals surface area contributed by atoms with Gasteiger partial charge in [-0.1, -0.05) is 0 Å². The smallest absolute Gasteiger partial charge is 0.248 e. The highest BCUT2D eigenvalue weighted by atomic mass is 32.1. The molecule has 0 atom stereocenters. The minimum atomic E-state index is -0.173. The zero-order valence-electron chi connectivity index (χ0n) is 7.11. The number of aromatic amines is 1. The lowest BCUT2D eigenvalue weighted by atomic mass is 10.1. The van der Waals surface area contributed by atoms with Crippen LogP contribution < -0.4 is 5.56 Å². The van der Waals surface area contributed by atoms with Gasteiger partial charge < -0.3 is 4.98 Å². The molecule has 1 N–H and O–H groups in total. The van der Waals surface area contributed by atoms with Crippen molar-refractivity contribution in [2.45, 2.75) is 4.90 Å². The van der Waals surface area contributed by atoms with E-state index in [9.17, 15) is 4.79 Å². The molecule has 3 nitrogen and oxygen atoms in total. The highest BCUT2D eigenvalue weighted by Gasteiger charge is 2.04. The molecule has 0 aliphatic heterocycles. The molecule has 4 heteroatoms. The Morgan fingerprint density at radius 1 is 1.29 bits per heavy atom. The van der Waals surface area contributed by atoms with Crippen molar-refractivity contribution in [1.82, 2.24) is 4.98 Å². The van der Waals surface area contributed by atoms with Crippen molar-refractivity contribution in [1.29, 1.82) is 5.26 Å². The zero-order chi connectivity index (χ0) is 10.1. The number of aromatic nitrogens is 1. The molecular formula is C10H6N2OS. The third-order valence-corrected chi connectivity index (χ3v) is 2.37. The average molecular weight is 202 g/mol. The van der Waals surface area contributed by atoms with Gasteiger partial charge in [0.2, 0.25) is 5.56 Å². The lowest BCUT2D eigenvalue weighted by molar-refractivity contribution is 1.29. The molecule has 0 spiro atoms. The minimum absolute atomic E-state index is 0.173. The summed E-state index contributed by atoms with van der Waals surface area (Å²) in [5.41, 5.74) is 0.974. The number of nitrogens with one attached hydrogen (secondary N) is 1. The van der Waals surface area contributed by atoms with E-state index in [4.69, 9.17) is 5.26 Å². The molecule has 0 aliphatic carbocycles. The Bertz CT molecular complexity index is 595. The number of rotatable bonds is 0. The van der Waals surface area contributed by atoms with Crippen molar-refractivity contribution in [3.8, 4) is 6.07 Å². The summed E-state index contributed by atoms with van der Waals surface area (Å²) in [7, 11) is 0. The molecule has 0 aliphatic rings. The van der Waals surface area contributed by atoms with Gasteiger partial charge in [-0.25, -0.2) is 0 Å². The summed E-state index contributed by atoms with van der Waals surface area (Å²) >= 11 is 4.17. The lowest BCUT2D eigenvalue weighted by Gasteiger charge is -2.01. The zero-order valence-corrected chi connectivity index (χ0v) is 8.01. The number of thiol groups is 1. The van der Waals surface area contributed by atoms with Gasteiger partial charge in [0.05, 0.1) is 5.56 Å². The van der Waals surface area contributed by atoms with Gasteiger partial charge in [0.25, 0.3) is 0 Å². The summed E-state index contributed by atoms with van der Waals surface area (Å²) in [5, 5.41) is 9.62. The maximum Gasteiger partial charge on any atom is 0.248 e. The lowest BCUT2D eigenvalue weighted by Crippen LogP contribution is -2.02. The van der Waals surface area contributed by atoms with Crippen molar-refractivity contribution in [2.24, 2.45) is 0 Å². The fourth-order valence-electron chi connectivity index (χ4n) is 1.34. The van der Waals surface area contributed by atoms with Gasteiger partial charge in [0.15, 0.2) is 0 Å². The van der Waals surface area contributed by atoms with Gasteiger partial charge in [-0.3, -0.25) is 4.79 Å². The maximum atomic E-state index is 11.0. The SMILES string of the molecule is N#Cc1c(S)ccc2[nH]c(=O)ccc12. The minimum Gasteiger partial charge on any atom is -0.322 e. The summed E-state index contributed by atoms with van der Waals surface area (Å²) in [6, 6.07) is 8.52.